The molecule has 1 aromatic carbocycles. The number of rotatable bonds is 5. The Labute approximate surface area is 123 Å². The molecule has 0 radical (unpaired) electrons. The molecule has 0 saturated carbocycles. The molecule has 2 rings (SSSR count). The van der Waals surface area contributed by atoms with E-state index in [0.717, 1.165) is 16.6 Å². The van der Waals surface area contributed by atoms with E-state index in [4.69, 9.17) is 9.47 Å². The van der Waals surface area contributed by atoms with Gasteiger partial charge in [-0.25, -0.2) is 9.97 Å². The summed E-state index contributed by atoms with van der Waals surface area (Å²) in [7, 11) is 3.19. The van der Waals surface area contributed by atoms with Crippen molar-refractivity contribution in [3.05, 3.63) is 42.4 Å². The van der Waals surface area contributed by atoms with Crippen molar-refractivity contribution in [3.63, 3.8) is 0 Å². The van der Waals surface area contributed by atoms with Crippen LogP contribution in [-0.2, 0) is 0 Å². The van der Waals surface area contributed by atoms with E-state index < -0.39 is 0 Å². The predicted molar refractivity (Wildman–Crippen MR) is 85.1 cm³/mol. The highest BCUT2D eigenvalue weighted by Crippen LogP contribution is 2.32. The van der Waals surface area contributed by atoms with E-state index >= 15 is 0 Å². The summed E-state index contributed by atoms with van der Waals surface area (Å²) in [5.74, 6) is 1.77. The fourth-order valence-corrected chi connectivity index (χ4v) is 2.03. The number of hydrogen-bond donors (Lipinski definition) is 0. The molecule has 5 heteroatoms. The first kappa shape index (κ1) is 14.7. The van der Waals surface area contributed by atoms with Gasteiger partial charge in [-0.1, -0.05) is 12.7 Å². The molecule has 0 aliphatic carbocycles. The maximum Gasteiger partial charge on any atom is 0.178 e. The molecule has 2 aromatic rings. The average molecular weight is 283 g/mol. The van der Waals surface area contributed by atoms with Crippen molar-refractivity contribution in [2.45, 2.75) is 6.92 Å². The zero-order valence-corrected chi connectivity index (χ0v) is 12.4. The number of allylic oxidation sites excluding steroid dienone is 2. The second kappa shape index (κ2) is 6.17. The van der Waals surface area contributed by atoms with E-state index in [0.29, 0.717) is 23.0 Å². The molecule has 0 N–H and O–H groups in total. The zero-order chi connectivity index (χ0) is 15.4. The van der Waals surface area contributed by atoms with E-state index in [1.165, 1.54) is 0 Å². The monoisotopic (exact) mass is 283 g/mol. The Morgan fingerprint density at radius 2 is 1.86 bits per heavy atom. The Bertz CT molecular complexity index is 736. The van der Waals surface area contributed by atoms with Gasteiger partial charge in [-0.15, -0.1) is 0 Å². The molecule has 5 nitrogen and oxygen atoms in total. The topological polar surface area (TPSA) is 56.6 Å². The molecular weight excluding hydrogens is 266 g/mol. The summed E-state index contributed by atoms with van der Waals surface area (Å²) in [5.41, 5.74) is 2.16. The molecule has 0 bridgehead atoms. The molecule has 0 aliphatic heterocycles. The number of ether oxygens (including phenoxy) is 2. The maximum absolute atomic E-state index is 5.31. The summed E-state index contributed by atoms with van der Waals surface area (Å²) in [4.78, 5) is 12.9. The number of benzene rings is 1. The standard InChI is InChI=1S/C16H17N3O2/c1-6-7-12(17-3)16-18-10(2)11-8-14(20-4)15(21-5)9-13(11)19-16/h6-9H,1,3H2,2,4-5H3/b12-7-. The van der Waals surface area contributed by atoms with Gasteiger partial charge in [-0.3, -0.25) is 4.99 Å². The minimum absolute atomic E-state index is 0.502. The second-order valence-electron chi connectivity index (χ2n) is 4.30. The first-order valence-corrected chi connectivity index (χ1v) is 6.34. The van der Waals surface area contributed by atoms with Crippen LogP contribution in [0.4, 0.5) is 0 Å². The fourth-order valence-electron chi connectivity index (χ4n) is 2.03. The molecule has 21 heavy (non-hydrogen) atoms. The van der Waals surface area contributed by atoms with Gasteiger partial charge in [0.15, 0.2) is 17.3 Å². The van der Waals surface area contributed by atoms with Crippen molar-refractivity contribution in [3.8, 4) is 11.5 Å². The van der Waals surface area contributed by atoms with Crippen LogP contribution in [0.25, 0.3) is 16.6 Å². The zero-order valence-electron chi connectivity index (χ0n) is 12.4. The van der Waals surface area contributed by atoms with Crippen LogP contribution in [0.3, 0.4) is 0 Å². The number of methoxy groups -OCH3 is 2. The van der Waals surface area contributed by atoms with Crippen LogP contribution >= 0.6 is 0 Å². The van der Waals surface area contributed by atoms with Crippen molar-refractivity contribution in [1.82, 2.24) is 9.97 Å². The minimum atomic E-state index is 0.502. The largest absolute Gasteiger partial charge is 0.493 e. The van der Waals surface area contributed by atoms with Crippen LogP contribution in [0.15, 0.2) is 35.9 Å². The Hall–Kier alpha value is -2.69. The smallest absolute Gasteiger partial charge is 0.178 e. The van der Waals surface area contributed by atoms with Crippen LogP contribution in [-0.4, -0.2) is 30.9 Å². The normalized spacial score (nSPS) is 11.3. The highest BCUT2D eigenvalue weighted by molar-refractivity contribution is 5.86. The maximum atomic E-state index is 5.31. The fraction of sp³-hybridized carbons (Fsp3) is 0.188. The van der Waals surface area contributed by atoms with E-state index in [1.54, 1.807) is 26.4 Å². The lowest BCUT2D eigenvalue weighted by Crippen LogP contribution is -1.99. The van der Waals surface area contributed by atoms with E-state index in [-0.39, 0.29) is 0 Å². The lowest BCUT2D eigenvalue weighted by atomic mass is 10.1. The summed E-state index contributed by atoms with van der Waals surface area (Å²) >= 11 is 0. The van der Waals surface area contributed by atoms with Crippen molar-refractivity contribution < 1.29 is 9.47 Å². The van der Waals surface area contributed by atoms with Gasteiger partial charge >= 0.3 is 0 Å². The van der Waals surface area contributed by atoms with Gasteiger partial charge in [0.2, 0.25) is 0 Å². The molecule has 0 fully saturated rings. The predicted octanol–water partition coefficient (Wildman–Crippen LogP) is 3.18. The summed E-state index contributed by atoms with van der Waals surface area (Å²) in [5, 5.41) is 0.901. The molecule has 108 valence electrons. The van der Waals surface area contributed by atoms with Crippen molar-refractivity contribution in [1.29, 1.82) is 0 Å². The molecule has 0 amide bonds. The molecule has 0 unspecified atom stereocenters. The molecule has 1 aromatic heterocycles. The van der Waals surface area contributed by atoms with Crippen molar-refractivity contribution >= 4 is 23.3 Å². The second-order valence-corrected chi connectivity index (χ2v) is 4.30. The molecule has 1 heterocycles. The van der Waals surface area contributed by atoms with E-state index in [1.807, 2.05) is 19.1 Å². The number of aromatic nitrogens is 2. The Balaban J connectivity index is 2.72. The molecule has 0 aliphatic rings. The number of aliphatic imine (C=N–C) groups is 1. The highest BCUT2D eigenvalue weighted by atomic mass is 16.5. The Morgan fingerprint density at radius 1 is 1.19 bits per heavy atom. The third-order valence-electron chi connectivity index (χ3n) is 3.07. The van der Waals surface area contributed by atoms with Gasteiger partial charge in [0.1, 0.15) is 5.70 Å². The van der Waals surface area contributed by atoms with Gasteiger partial charge < -0.3 is 9.47 Å². The highest BCUT2D eigenvalue weighted by Gasteiger charge is 2.12. The van der Waals surface area contributed by atoms with Gasteiger partial charge in [0.05, 0.1) is 19.7 Å². The molecule has 0 spiro atoms. The SMILES string of the molecule is C=C/C=C(\N=C)c1nc(C)c2cc(OC)c(OC)cc2n1. The van der Waals surface area contributed by atoms with Gasteiger partial charge in [0, 0.05) is 17.1 Å². The third kappa shape index (κ3) is 2.76. The number of nitrogens with zero attached hydrogens (tertiary/aromatic N) is 3. The first-order chi connectivity index (χ1) is 10.1. The van der Waals surface area contributed by atoms with Gasteiger partial charge in [-0.05, 0) is 25.8 Å². The lowest BCUT2D eigenvalue weighted by Gasteiger charge is -2.11. The third-order valence-corrected chi connectivity index (χ3v) is 3.07. The van der Waals surface area contributed by atoms with Crippen LogP contribution in [0.5, 0.6) is 11.5 Å². The molecule has 0 atom stereocenters. The number of hydrogen-bond acceptors (Lipinski definition) is 5. The summed E-state index contributed by atoms with van der Waals surface area (Å²) in [6.45, 7) is 9.10. The summed E-state index contributed by atoms with van der Waals surface area (Å²) < 4.78 is 10.6. The van der Waals surface area contributed by atoms with Crippen molar-refractivity contribution in [2.75, 3.05) is 14.2 Å². The van der Waals surface area contributed by atoms with Crippen LogP contribution < -0.4 is 9.47 Å². The summed E-state index contributed by atoms with van der Waals surface area (Å²) in [6, 6.07) is 3.69. The number of aryl methyl sites for hydroxylation is 1. The molecule has 0 saturated heterocycles. The molecular formula is C16H17N3O2. The average Bonchev–Trinajstić information content (AvgIpc) is 2.51. The van der Waals surface area contributed by atoms with Crippen LogP contribution in [0, 0.1) is 6.92 Å². The van der Waals surface area contributed by atoms with Gasteiger partial charge in [-0.2, -0.15) is 0 Å². The number of fused-ring (bicyclic) bond motifs is 1. The van der Waals surface area contributed by atoms with Crippen molar-refractivity contribution in [2.24, 2.45) is 4.99 Å². The van der Waals surface area contributed by atoms with E-state index in [2.05, 4.69) is 28.3 Å². The Morgan fingerprint density at radius 3 is 2.43 bits per heavy atom. The minimum Gasteiger partial charge on any atom is -0.493 e. The first-order valence-electron chi connectivity index (χ1n) is 6.34. The van der Waals surface area contributed by atoms with Crippen LogP contribution in [0.1, 0.15) is 11.5 Å². The van der Waals surface area contributed by atoms with E-state index in [9.17, 15) is 0 Å². The van der Waals surface area contributed by atoms with Crippen LogP contribution in [0.2, 0.25) is 0 Å². The lowest BCUT2D eigenvalue weighted by molar-refractivity contribution is 0.355. The van der Waals surface area contributed by atoms with Gasteiger partial charge in [0.25, 0.3) is 0 Å². The summed E-state index contributed by atoms with van der Waals surface area (Å²) in [6.07, 6.45) is 3.34. The Kier molecular flexibility index (Phi) is 4.33. The quantitative estimate of drug-likeness (QED) is 0.624.